The zero-order valence-electron chi connectivity index (χ0n) is 10.9. The van der Waals surface area contributed by atoms with Crippen molar-refractivity contribution in [3.63, 3.8) is 0 Å². The highest BCUT2D eigenvalue weighted by molar-refractivity contribution is 6.00. The van der Waals surface area contributed by atoms with Gasteiger partial charge in [-0.3, -0.25) is 14.9 Å². The number of rotatable bonds is 3. The molecule has 1 atom stereocenters. The molecular formula is C13H16N2O4. The number of carbonyl (C=O) groups is 1. The van der Waals surface area contributed by atoms with Gasteiger partial charge >= 0.3 is 0 Å². The number of nitro benzene ring substituents is 1. The lowest BCUT2D eigenvalue weighted by Crippen LogP contribution is -2.30. The van der Waals surface area contributed by atoms with Gasteiger partial charge in [-0.15, -0.1) is 0 Å². The van der Waals surface area contributed by atoms with Crippen LogP contribution in [0.3, 0.4) is 0 Å². The van der Waals surface area contributed by atoms with Crippen LogP contribution in [-0.4, -0.2) is 34.5 Å². The van der Waals surface area contributed by atoms with Gasteiger partial charge in [0.25, 0.3) is 5.69 Å². The van der Waals surface area contributed by atoms with Crippen molar-refractivity contribution in [3.05, 3.63) is 33.9 Å². The number of hydrogen-bond acceptors (Lipinski definition) is 5. The fraction of sp³-hybridized carbons (Fsp3) is 0.462. The Kier molecular flexibility index (Phi) is 3.28. The highest BCUT2D eigenvalue weighted by atomic mass is 16.6. The summed E-state index contributed by atoms with van der Waals surface area (Å²) >= 11 is 0. The minimum Gasteiger partial charge on any atom is -0.388 e. The topological polar surface area (TPSA) is 83.7 Å². The Morgan fingerprint density at radius 3 is 2.68 bits per heavy atom. The quantitative estimate of drug-likeness (QED) is 0.511. The first-order valence-electron chi connectivity index (χ1n) is 6.07. The zero-order chi connectivity index (χ0) is 14.2. The van der Waals surface area contributed by atoms with Crippen LogP contribution in [0.25, 0.3) is 0 Å². The van der Waals surface area contributed by atoms with Crippen molar-refractivity contribution >= 4 is 17.2 Å². The van der Waals surface area contributed by atoms with E-state index in [1.165, 1.54) is 19.1 Å². The largest absolute Gasteiger partial charge is 0.388 e. The first-order chi connectivity index (χ1) is 8.80. The van der Waals surface area contributed by atoms with Crippen LogP contribution in [0.4, 0.5) is 11.4 Å². The molecule has 6 nitrogen and oxygen atoms in total. The molecule has 1 unspecified atom stereocenters. The number of nitrogens with zero attached hydrogens (tertiary/aromatic N) is 2. The molecule has 102 valence electrons. The fourth-order valence-electron chi connectivity index (χ4n) is 2.35. The zero-order valence-corrected chi connectivity index (χ0v) is 10.9. The summed E-state index contributed by atoms with van der Waals surface area (Å²) in [6.07, 6.45) is 0.612. The number of aliphatic hydroxyl groups is 1. The first-order valence-corrected chi connectivity index (χ1v) is 6.07. The molecule has 1 aromatic rings. The predicted octanol–water partition coefficient (Wildman–Crippen LogP) is 1.76. The lowest BCUT2D eigenvalue weighted by atomic mass is 10.1. The van der Waals surface area contributed by atoms with E-state index in [1.54, 1.807) is 13.0 Å². The summed E-state index contributed by atoms with van der Waals surface area (Å²) in [5.74, 6) is -0.217. The summed E-state index contributed by atoms with van der Waals surface area (Å²) in [6, 6.07) is 4.26. The third-order valence-electron chi connectivity index (χ3n) is 3.36. The van der Waals surface area contributed by atoms with Crippen LogP contribution >= 0.6 is 0 Å². The predicted molar refractivity (Wildman–Crippen MR) is 70.6 cm³/mol. The summed E-state index contributed by atoms with van der Waals surface area (Å²) in [5.41, 5.74) is 0.0956. The van der Waals surface area contributed by atoms with Crippen LogP contribution in [0.2, 0.25) is 0 Å². The molecule has 0 radical (unpaired) electrons. The Bertz CT molecular complexity index is 539. The van der Waals surface area contributed by atoms with Crippen LogP contribution in [0.15, 0.2) is 18.2 Å². The van der Waals surface area contributed by atoms with Crippen LogP contribution in [0.5, 0.6) is 0 Å². The van der Waals surface area contributed by atoms with Crippen molar-refractivity contribution in [1.82, 2.24) is 0 Å². The molecule has 0 bridgehead atoms. The number of nitro groups is 1. The number of ketones is 1. The second kappa shape index (κ2) is 4.62. The maximum Gasteiger partial charge on any atom is 0.270 e. The van der Waals surface area contributed by atoms with Crippen LogP contribution in [0.1, 0.15) is 30.6 Å². The van der Waals surface area contributed by atoms with E-state index < -0.39 is 10.5 Å². The van der Waals surface area contributed by atoms with E-state index in [0.717, 1.165) is 0 Å². The molecule has 19 heavy (non-hydrogen) atoms. The van der Waals surface area contributed by atoms with Gasteiger partial charge in [0.1, 0.15) is 0 Å². The van der Waals surface area contributed by atoms with E-state index in [-0.39, 0.29) is 11.5 Å². The van der Waals surface area contributed by atoms with E-state index in [0.29, 0.717) is 30.8 Å². The van der Waals surface area contributed by atoms with E-state index in [1.807, 2.05) is 4.90 Å². The first kappa shape index (κ1) is 13.5. The Morgan fingerprint density at radius 2 is 2.21 bits per heavy atom. The standard InChI is InChI=1S/C13H16N2O4/c1-9(16)11-7-10(15(18)19)3-4-12(11)14-6-5-13(2,17)8-14/h3-4,7,17H,5-6,8H2,1-2H3. The number of hydrogen-bond donors (Lipinski definition) is 1. The van der Waals surface area contributed by atoms with Crippen LogP contribution in [-0.2, 0) is 0 Å². The molecule has 0 saturated carbocycles. The minimum absolute atomic E-state index is 0.0973. The number of non-ortho nitro benzene ring substituents is 1. The van der Waals surface area contributed by atoms with Gasteiger partial charge in [-0.2, -0.15) is 0 Å². The number of Topliss-reactive ketones (excluding diaryl/α,β-unsaturated/α-hetero) is 1. The molecule has 1 N–H and O–H groups in total. The average molecular weight is 264 g/mol. The molecular weight excluding hydrogens is 248 g/mol. The minimum atomic E-state index is -0.782. The van der Waals surface area contributed by atoms with Crippen molar-refractivity contribution in [2.75, 3.05) is 18.0 Å². The normalized spacial score (nSPS) is 22.6. The molecule has 1 fully saturated rings. The van der Waals surface area contributed by atoms with Crippen LogP contribution in [0, 0.1) is 10.1 Å². The van der Waals surface area contributed by atoms with Gasteiger partial charge < -0.3 is 10.0 Å². The molecule has 1 heterocycles. The summed E-state index contributed by atoms with van der Waals surface area (Å²) < 4.78 is 0. The molecule has 0 aromatic heterocycles. The van der Waals surface area contributed by atoms with Gasteiger partial charge in [0.15, 0.2) is 5.78 Å². The second-order valence-corrected chi connectivity index (χ2v) is 5.18. The number of anilines is 1. The van der Waals surface area contributed by atoms with Gasteiger partial charge in [0.05, 0.1) is 10.5 Å². The lowest BCUT2D eigenvalue weighted by Gasteiger charge is -2.22. The Balaban J connectivity index is 2.41. The Hall–Kier alpha value is -1.95. The van der Waals surface area contributed by atoms with Gasteiger partial charge in [-0.25, -0.2) is 0 Å². The van der Waals surface area contributed by atoms with E-state index in [9.17, 15) is 20.0 Å². The smallest absolute Gasteiger partial charge is 0.270 e. The summed E-state index contributed by atoms with van der Waals surface area (Å²) in [4.78, 5) is 23.8. The van der Waals surface area contributed by atoms with Crippen molar-refractivity contribution in [3.8, 4) is 0 Å². The molecule has 1 aliphatic heterocycles. The molecule has 1 aliphatic rings. The van der Waals surface area contributed by atoms with E-state index >= 15 is 0 Å². The highest BCUT2D eigenvalue weighted by Gasteiger charge is 2.33. The third kappa shape index (κ3) is 2.73. The summed E-state index contributed by atoms with van der Waals surface area (Å²) in [5, 5.41) is 20.7. The molecule has 0 amide bonds. The SMILES string of the molecule is CC(=O)c1cc([N+](=O)[O-])ccc1N1CCC(C)(O)C1. The molecule has 0 spiro atoms. The number of β-amino-alcohol motifs (C(OH)–C–C–N with tert-alkyl or cyclic N) is 1. The lowest BCUT2D eigenvalue weighted by molar-refractivity contribution is -0.384. The molecule has 2 rings (SSSR count). The molecule has 1 aromatic carbocycles. The average Bonchev–Trinajstić information content (AvgIpc) is 2.68. The highest BCUT2D eigenvalue weighted by Crippen LogP contribution is 2.31. The molecule has 0 aliphatic carbocycles. The molecule has 6 heteroatoms. The van der Waals surface area contributed by atoms with Crippen molar-refractivity contribution in [2.45, 2.75) is 25.9 Å². The fourth-order valence-corrected chi connectivity index (χ4v) is 2.35. The second-order valence-electron chi connectivity index (χ2n) is 5.18. The van der Waals surface area contributed by atoms with Gasteiger partial charge in [0, 0.05) is 36.5 Å². The van der Waals surface area contributed by atoms with Crippen molar-refractivity contribution in [1.29, 1.82) is 0 Å². The number of carbonyl (C=O) groups excluding carboxylic acids is 1. The van der Waals surface area contributed by atoms with Crippen molar-refractivity contribution < 1.29 is 14.8 Å². The van der Waals surface area contributed by atoms with Gasteiger partial charge in [0.2, 0.25) is 0 Å². The van der Waals surface area contributed by atoms with E-state index in [2.05, 4.69) is 0 Å². The third-order valence-corrected chi connectivity index (χ3v) is 3.36. The van der Waals surface area contributed by atoms with Crippen LogP contribution < -0.4 is 4.90 Å². The molecule has 1 saturated heterocycles. The van der Waals surface area contributed by atoms with Gasteiger partial charge in [-0.05, 0) is 26.3 Å². The van der Waals surface area contributed by atoms with E-state index in [4.69, 9.17) is 0 Å². The van der Waals surface area contributed by atoms with Crippen molar-refractivity contribution in [2.24, 2.45) is 0 Å². The maximum absolute atomic E-state index is 11.6. The Morgan fingerprint density at radius 1 is 1.53 bits per heavy atom. The summed E-state index contributed by atoms with van der Waals surface area (Å²) in [7, 11) is 0. The monoisotopic (exact) mass is 264 g/mol. The van der Waals surface area contributed by atoms with Gasteiger partial charge in [-0.1, -0.05) is 0 Å². The Labute approximate surface area is 110 Å². The number of benzene rings is 1. The maximum atomic E-state index is 11.6. The summed E-state index contributed by atoms with van der Waals surface area (Å²) in [6.45, 7) is 4.18.